The maximum atomic E-state index is 3.62. The highest BCUT2D eigenvalue weighted by atomic mass is 28.3. The number of hydrogen-bond donors (Lipinski definition) is 1. The minimum absolute atomic E-state index is 0.348. The second kappa shape index (κ2) is 6.31. The fourth-order valence-electron chi connectivity index (χ4n) is 1.95. The van der Waals surface area contributed by atoms with Crippen molar-refractivity contribution >= 4 is 29.2 Å². The number of allylic oxidation sites excluding steroid dienone is 1. The molecule has 0 aliphatic rings. The van der Waals surface area contributed by atoms with Gasteiger partial charge in [-0.2, -0.15) is 0 Å². The van der Waals surface area contributed by atoms with Crippen molar-refractivity contribution in [3.8, 4) is 0 Å². The van der Waals surface area contributed by atoms with E-state index in [-0.39, 0.29) is 0 Å². The van der Waals surface area contributed by atoms with Gasteiger partial charge in [0.05, 0.1) is 18.3 Å². The average Bonchev–Trinajstić information content (AvgIpc) is 2.34. The maximum absolute atomic E-state index is 3.62. The van der Waals surface area contributed by atoms with Crippen LogP contribution in [-0.4, -0.2) is 24.9 Å². The third-order valence-corrected chi connectivity index (χ3v) is 10.6. The van der Waals surface area contributed by atoms with Gasteiger partial charge in [-0.1, -0.05) is 62.8 Å². The summed E-state index contributed by atoms with van der Waals surface area (Å²) < 4.78 is 0. The number of hydrogen-bond acceptors (Lipinski definition) is 1. The van der Waals surface area contributed by atoms with Crippen LogP contribution in [0.1, 0.15) is 34.6 Å². The van der Waals surface area contributed by atoms with Crippen molar-refractivity contribution in [1.82, 2.24) is 0 Å². The Morgan fingerprint density at radius 3 is 2.20 bits per heavy atom. The maximum Gasteiger partial charge on any atom is 0.0886 e. The minimum atomic E-state index is -1.52. The van der Waals surface area contributed by atoms with Gasteiger partial charge in [-0.3, -0.25) is 0 Å². The lowest BCUT2D eigenvalue weighted by atomic mass is 10.2. The molecular formula is C17H28NSi2. The molecule has 0 aliphatic carbocycles. The van der Waals surface area contributed by atoms with Gasteiger partial charge in [0.1, 0.15) is 0 Å². The van der Waals surface area contributed by atoms with E-state index in [4.69, 9.17) is 0 Å². The first kappa shape index (κ1) is 17.2. The van der Waals surface area contributed by atoms with Gasteiger partial charge in [0.15, 0.2) is 0 Å². The summed E-state index contributed by atoms with van der Waals surface area (Å²) in [6.45, 7) is 17.2. The standard InChI is InChI=1S/C17H28NSi2/c1-13(14(2)19)12-18-15-10-8-9-11-16(15)20(6,7)17(3,4)5/h8-11,18H,12H2,1-7H3. The van der Waals surface area contributed by atoms with Crippen molar-refractivity contribution in [3.63, 3.8) is 0 Å². The molecule has 0 atom stereocenters. The predicted octanol–water partition coefficient (Wildman–Crippen LogP) is 4.28. The van der Waals surface area contributed by atoms with Crippen LogP contribution >= 0.6 is 0 Å². The first-order chi connectivity index (χ1) is 9.07. The van der Waals surface area contributed by atoms with Gasteiger partial charge in [0, 0.05) is 12.2 Å². The van der Waals surface area contributed by atoms with Crippen LogP contribution in [0.2, 0.25) is 18.1 Å². The second-order valence-corrected chi connectivity index (χ2v) is 13.2. The monoisotopic (exact) mass is 302 g/mol. The second-order valence-electron chi connectivity index (χ2n) is 7.18. The molecule has 0 fully saturated rings. The number of anilines is 1. The van der Waals surface area contributed by atoms with Crippen LogP contribution in [0.5, 0.6) is 0 Å². The number of para-hydroxylation sites is 1. The number of nitrogens with one attached hydrogen (secondary N) is 1. The summed E-state index contributed by atoms with van der Waals surface area (Å²) in [6, 6.07) is 8.81. The molecule has 0 aliphatic heterocycles. The Hall–Kier alpha value is -0.806. The Bertz CT molecular complexity index is 492. The fraction of sp³-hybridized carbons (Fsp3) is 0.529. The zero-order valence-electron chi connectivity index (χ0n) is 14.0. The van der Waals surface area contributed by atoms with Gasteiger partial charge >= 0.3 is 0 Å². The largest absolute Gasteiger partial charge is 0.381 e. The van der Waals surface area contributed by atoms with Crippen molar-refractivity contribution < 1.29 is 0 Å². The first-order valence-electron chi connectivity index (χ1n) is 7.28. The lowest BCUT2D eigenvalue weighted by Gasteiger charge is -2.38. The van der Waals surface area contributed by atoms with Gasteiger partial charge in [-0.05, 0) is 30.1 Å². The molecule has 0 amide bonds. The Morgan fingerprint density at radius 2 is 1.70 bits per heavy atom. The van der Waals surface area contributed by atoms with Crippen LogP contribution in [0.4, 0.5) is 5.69 Å². The summed E-state index contributed by atoms with van der Waals surface area (Å²) in [4.78, 5) is 0. The lowest BCUT2D eigenvalue weighted by molar-refractivity contribution is 0.729. The summed E-state index contributed by atoms with van der Waals surface area (Å²) in [5.74, 6) is 0. The van der Waals surface area contributed by atoms with Crippen LogP contribution < -0.4 is 10.5 Å². The van der Waals surface area contributed by atoms with E-state index < -0.39 is 8.07 Å². The summed E-state index contributed by atoms with van der Waals surface area (Å²) in [7, 11) is 2.09. The molecule has 3 heteroatoms. The van der Waals surface area contributed by atoms with Crippen LogP contribution in [0, 0.1) is 0 Å². The molecular weight excluding hydrogens is 274 g/mol. The van der Waals surface area contributed by atoms with Gasteiger partial charge in [0.2, 0.25) is 0 Å². The van der Waals surface area contributed by atoms with E-state index in [0.717, 1.165) is 6.54 Å². The molecule has 0 unspecified atom stereocenters. The number of benzene rings is 1. The average molecular weight is 303 g/mol. The molecule has 0 heterocycles. The Kier molecular flexibility index (Phi) is 5.44. The van der Waals surface area contributed by atoms with E-state index in [9.17, 15) is 0 Å². The smallest absolute Gasteiger partial charge is 0.0886 e. The van der Waals surface area contributed by atoms with Gasteiger partial charge in [-0.25, -0.2) is 0 Å². The molecule has 109 valence electrons. The zero-order chi connectivity index (χ0) is 15.6. The van der Waals surface area contributed by atoms with E-state index in [0.29, 0.717) is 5.04 Å². The van der Waals surface area contributed by atoms with Crippen LogP contribution in [0.15, 0.2) is 35.0 Å². The Balaban J connectivity index is 3.10. The highest BCUT2D eigenvalue weighted by Gasteiger charge is 2.38. The predicted molar refractivity (Wildman–Crippen MR) is 95.9 cm³/mol. The third kappa shape index (κ3) is 3.86. The van der Waals surface area contributed by atoms with Crippen molar-refractivity contribution in [2.24, 2.45) is 0 Å². The molecule has 1 N–H and O–H groups in total. The quantitative estimate of drug-likeness (QED) is 0.819. The molecule has 0 spiro atoms. The number of rotatable bonds is 4. The third-order valence-electron chi connectivity index (χ3n) is 4.66. The van der Waals surface area contributed by atoms with Crippen molar-refractivity contribution in [1.29, 1.82) is 0 Å². The van der Waals surface area contributed by atoms with Crippen molar-refractivity contribution in [3.05, 3.63) is 35.0 Å². The van der Waals surface area contributed by atoms with Crippen LogP contribution in [0.25, 0.3) is 0 Å². The van der Waals surface area contributed by atoms with E-state index >= 15 is 0 Å². The molecule has 1 nitrogen and oxygen atoms in total. The van der Waals surface area contributed by atoms with Crippen molar-refractivity contribution in [2.45, 2.75) is 52.8 Å². The van der Waals surface area contributed by atoms with Gasteiger partial charge < -0.3 is 5.32 Å². The van der Waals surface area contributed by atoms with E-state index in [1.807, 2.05) is 0 Å². The van der Waals surface area contributed by atoms with Gasteiger partial charge in [-0.15, -0.1) is 0 Å². The van der Waals surface area contributed by atoms with Gasteiger partial charge in [0.25, 0.3) is 0 Å². The molecule has 20 heavy (non-hydrogen) atoms. The molecule has 1 rings (SSSR count). The molecule has 1 aromatic carbocycles. The molecule has 3 radical (unpaired) electrons. The fourth-order valence-corrected chi connectivity index (χ4v) is 4.20. The molecule has 0 bridgehead atoms. The SMILES string of the molecule is CC([Si])=C(C)CNc1ccccc1[Si](C)(C)C(C)(C)C. The normalized spacial score (nSPS) is 14.0. The topological polar surface area (TPSA) is 12.0 Å². The summed E-state index contributed by atoms with van der Waals surface area (Å²) >= 11 is 0. The van der Waals surface area contributed by atoms with E-state index in [1.165, 1.54) is 21.6 Å². The Morgan fingerprint density at radius 1 is 1.15 bits per heavy atom. The summed E-state index contributed by atoms with van der Waals surface area (Å²) in [6.07, 6.45) is 0. The highest BCUT2D eigenvalue weighted by molar-refractivity contribution is 6.93. The van der Waals surface area contributed by atoms with E-state index in [1.54, 1.807) is 0 Å². The zero-order valence-corrected chi connectivity index (χ0v) is 16.0. The van der Waals surface area contributed by atoms with Crippen LogP contribution in [-0.2, 0) is 0 Å². The van der Waals surface area contributed by atoms with E-state index in [2.05, 4.69) is 87.5 Å². The lowest BCUT2D eigenvalue weighted by Crippen LogP contribution is -2.50. The summed E-state index contributed by atoms with van der Waals surface area (Å²) in [5, 5.41) is 6.70. The molecule has 0 saturated carbocycles. The minimum Gasteiger partial charge on any atom is -0.381 e. The highest BCUT2D eigenvalue weighted by Crippen LogP contribution is 2.36. The summed E-state index contributed by atoms with van der Waals surface area (Å²) in [5.41, 5.74) is 2.64. The molecule has 0 saturated heterocycles. The Labute approximate surface area is 129 Å². The molecule has 0 aromatic heterocycles. The molecule has 1 aromatic rings. The van der Waals surface area contributed by atoms with Crippen molar-refractivity contribution in [2.75, 3.05) is 11.9 Å². The first-order valence-corrected chi connectivity index (χ1v) is 10.8. The van der Waals surface area contributed by atoms with Crippen LogP contribution in [0.3, 0.4) is 0 Å².